The zero-order valence-corrected chi connectivity index (χ0v) is 19.6. The van der Waals surface area contributed by atoms with E-state index in [1.807, 2.05) is 49.4 Å². The van der Waals surface area contributed by atoms with E-state index < -0.39 is 22.0 Å². The lowest BCUT2D eigenvalue weighted by Crippen LogP contribution is -2.37. The molecule has 0 radical (unpaired) electrons. The lowest BCUT2D eigenvalue weighted by molar-refractivity contribution is -0.122. The number of benzene rings is 2. The lowest BCUT2D eigenvalue weighted by Gasteiger charge is -2.19. The Morgan fingerprint density at radius 2 is 1.68 bits per heavy atom. The van der Waals surface area contributed by atoms with E-state index in [1.54, 1.807) is 40.0 Å². The minimum atomic E-state index is -3.79. The second-order valence-electron chi connectivity index (χ2n) is 7.74. The summed E-state index contributed by atoms with van der Waals surface area (Å²) in [7, 11) is -2.22. The van der Waals surface area contributed by atoms with Crippen LogP contribution in [-0.4, -0.2) is 34.0 Å². The minimum Gasteiger partial charge on any atom is -0.375 e. The van der Waals surface area contributed by atoms with Gasteiger partial charge in [-0.1, -0.05) is 67.1 Å². The number of carbonyl (C=O) groups is 1. The molecule has 168 valence electrons. The fourth-order valence-corrected chi connectivity index (χ4v) is 5.10. The molecule has 1 amide bonds. The maximum atomic E-state index is 13.2. The van der Waals surface area contributed by atoms with Gasteiger partial charge in [-0.25, -0.2) is 13.1 Å². The van der Waals surface area contributed by atoms with E-state index in [1.165, 1.54) is 0 Å². The van der Waals surface area contributed by atoms with E-state index in [9.17, 15) is 13.2 Å². The fourth-order valence-electron chi connectivity index (χ4n) is 3.47. The van der Waals surface area contributed by atoms with E-state index in [4.69, 9.17) is 4.74 Å². The molecule has 2 rings (SSSR count). The van der Waals surface area contributed by atoms with Crippen LogP contribution in [0.15, 0.2) is 59.5 Å². The van der Waals surface area contributed by atoms with Crippen LogP contribution in [0.4, 0.5) is 0 Å². The lowest BCUT2D eigenvalue weighted by atomic mass is 10.1. The maximum Gasteiger partial charge on any atom is 0.241 e. The summed E-state index contributed by atoms with van der Waals surface area (Å²) in [5.74, 6) is -0.540. The van der Waals surface area contributed by atoms with E-state index in [0.29, 0.717) is 17.7 Å². The molecule has 0 bridgehead atoms. The van der Waals surface area contributed by atoms with E-state index >= 15 is 0 Å². The van der Waals surface area contributed by atoms with Crippen molar-refractivity contribution in [3.8, 4) is 0 Å². The smallest absolute Gasteiger partial charge is 0.241 e. The number of nitrogens with one attached hydrogen (secondary N) is 2. The highest BCUT2D eigenvalue weighted by atomic mass is 32.2. The van der Waals surface area contributed by atoms with Crippen molar-refractivity contribution in [2.75, 3.05) is 13.7 Å². The van der Waals surface area contributed by atoms with Crippen LogP contribution in [-0.2, 0) is 26.2 Å². The number of rotatable bonds is 10. The largest absolute Gasteiger partial charge is 0.375 e. The Kier molecular flexibility index (Phi) is 8.98. The molecule has 0 saturated heterocycles. The van der Waals surface area contributed by atoms with Crippen molar-refractivity contribution in [3.63, 3.8) is 0 Å². The van der Waals surface area contributed by atoms with Crippen molar-refractivity contribution in [1.29, 1.82) is 0 Å². The average Bonchev–Trinajstić information content (AvgIpc) is 2.70. The summed E-state index contributed by atoms with van der Waals surface area (Å²) in [6.07, 6.45) is 3.37. The second-order valence-corrected chi connectivity index (χ2v) is 9.39. The summed E-state index contributed by atoms with van der Waals surface area (Å²) in [5.41, 5.74) is 3.39. The molecule has 0 aromatic heterocycles. The minimum absolute atomic E-state index is 0.134. The SMILES string of the molecule is CNC(=O)[C@H](C)/C=C/[C@H](COCc1ccccc1)NS(=O)(=O)c1c(C)cc(C)cc1C. The Hall–Kier alpha value is -2.48. The zero-order chi connectivity index (χ0) is 23.0. The Balaban J connectivity index is 2.22. The predicted molar refractivity (Wildman–Crippen MR) is 123 cm³/mol. The number of aryl methyl sites for hydroxylation is 3. The van der Waals surface area contributed by atoms with Crippen molar-refractivity contribution in [2.24, 2.45) is 5.92 Å². The molecule has 31 heavy (non-hydrogen) atoms. The number of carbonyl (C=O) groups excluding carboxylic acids is 1. The topological polar surface area (TPSA) is 84.5 Å². The van der Waals surface area contributed by atoms with Crippen LogP contribution < -0.4 is 10.0 Å². The van der Waals surface area contributed by atoms with Crippen molar-refractivity contribution >= 4 is 15.9 Å². The van der Waals surface area contributed by atoms with Gasteiger partial charge >= 0.3 is 0 Å². The zero-order valence-electron chi connectivity index (χ0n) is 18.8. The molecule has 0 aliphatic carbocycles. The van der Waals surface area contributed by atoms with Crippen LogP contribution in [0.1, 0.15) is 29.2 Å². The fraction of sp³-hybridized carbons (Fsp3) is 0.375. The summed E-state index contributed by atoms with van der Waals surface area (Å²) in [4.78, 5) is 12.1. The summed E-state index contributed by atoms with van der Waals surface area (Å²) in [6, 6.07) is 12.7. The quantitative estimate of drug-likeness (QED) is 0.550. The molecule has 0 aliphatic rings. The molecular weight excluding hydrogens is 412 g/mol. The van der Waals surface area contributed by atoms with Gasteiger partial charge in [-0.2, -0.15) is 0 Å². The summed E-state index contributed by atoms with van der Waals surface area (Å²) in [6.45, 7) is 7.76. The normalized spacial score (nSPS) is 13.8. The molecule has 0 heterocycles. The maximum absolute atomic E-state index is 13.2. The van der Waals surface area contributed by atoms with Crippen molar-refractivity contribution in [2.45, 2.75) is 45.2 Å². The number of hydrogen-bond donors (Lipinski definition) is 2. The van der Waals surface area contributed by atoms with Gasteiger partial charge in [-0.05, 0) is 37.5 Å². The standard InChI is InChI=1S/C24H32N2O4S/c1-17-13-19(3)23(20(4)14-17)31(28,29)26-22(12-11-18(2)24(27)25-5)16-30-15-21-9-7-6-8-10-21/h6-14,18,22,26H,15-16H2,1-5H3,(H,25,27)/b12-11+/t18-,22-/m1/s1. The van der Waals surface area contributed by atoms with Crippen molar-refractivity contribution < 1.29 is 17.9 Å². The molecule has 6 nitrogen and oxygen atoms in total. The van der Waals surface area contributed by atoms with Crippen LogP contribution in [0, 0.1) is 26.7 Å². The van der Waals surface area contributed by atoms with Crippen LogP contribution >= 0.6 is 0 Å². The first-order valence-corrected chi connectivity index (χ1v) is 11.7. The first kappa shape index (κ1) is 24.8. The molecule has 0 aliphatic heterocycles. The monoisotopic (exact) mass is 444 g/mol. The Morgan fingerprint density at radius 3 is 2.26 bits per heavy atom. The first-order chi connectivity index (χ1) is 14.6. The van der Waals surface area contributed by atoms with Gasteiger partial charge in [0.05, 0.1) is 30.1 Å². The summed E-state index contributed by atoms with van der Waals surface area (Å²) in [5, 5.41) is 2.59. The van der Waals surface area contributed by atoms with Gasteiger partial charge in [-0.3, -0.25) is 4.79 Å². The van der Waals surface area contributed by atoms with Gasteiger partial charge in [0.1, 0.15) is 0 Å². The number of ether oxygens (including phenoxy) is 1. The summed E-state index contributed by atoms with van der Waals surface area (Å²) >= 11 is 0. The average molecular weight is 445 g/mol. The van der Waals surface area contributed by atoms with Crippen molar-refractivity contribution in [3.05, 3.63) is 76.9 Å². The number of amides is 1. The van der Waals surface area contributed by atoms with E-state index in [0.717, 1.165) is 11.1 Å². The van der Waals surface area contributed by atoms with Gasteiger partial charge in [0, 0.05) is 7.05 Å². The Bertz CT molecular complexity index is 994. The molecule has 7 heteroatoms. The predicted octanol–water partition coefficient (Wildman–Crippen LogP) is 3.41. The number of hydrogen-bond acceptors (Lipinski definition) is 4. The highest BCUT2D eigenvalue weighted by Gasteiger charge is 2.23. The molecule has 2 atom stereocenters. The Labute approximate surface area is 185 Å². The van der Waals surface area contributed by atoms with Gasteiger partial charge in [0.25, 0.3) is 0 Å². The molecule has 2 aromatic carbocycles. The van der Waals surface area contributed by atoms with Crippen LogP contribution in [0.2, 0.25) is 0 Å². The summed E-state index contributed by atoms with van der Waals surface area (Å²) < 4.78 is 34.9. The van der Waals surface area contributed by atoms with Crippen LogP contribution in [0.25, 0.3) is 0 Å². The third-order valence-electron chi connectivity index (χ3n) is 4.88. The Morgan fingerprint density at radius 1 is 1.06 bits per heavy atom. The molecule has 2 aromatic rings. The first-order valence-electron chi connectivity index (χ1n) is 10.3. The van der Waals surface area contributed by atoms with Gasteiger partial charge in [0.15, 0.2) is 0 Å². The molecule has 0 unspecified atom stereocenters. The molecular formula is C24H32N2O4S. The third-order valence-corrected chi connectivity index (χ3v) is 6.68. The van der Waals surface area contributed by atoms with E-state index in [-0.39, 0.29) is 17.4 Å². The highest BCUT2D eigenvalue weighted by molar-refractivity contribution is 7.89. The second kappa shape index (κ2) is 11.2. The molecule has 0 fully saturated rings. The van der Waals surface area contributed by atoms with Crippen LogP contribution in [0.3, 0.4) is 0 Å². The number of sulfonamides is 1. The van der Waals surface area contributed by atoms with Gasteiger partial charge in [0.2, 0.25) is 15.9 Å². The molecule has 2 N–H and O–H groups in total. The highest BCUT2D eigenvalue weighted by Crippen LogP contribution is 2.22. The van der Waals surface area contributed by atoms with Gasteiger partial charge < -0.3 is 10.1 Å². The third kappa shape index (κ3) is 7.31. The van der Waals surface area contributed by atoms with Gasteiger partial charge in [-0.15, -0.1) is 0 Å². The van der Waals surface area contributed by atoms with E-state index in [2.05, 4.69) is 10.0 Å². The molecule has 0 spiro atoms. The van der Waals surface area contributed by atoms with Crippen LogP contribution in [0.5, 0.6) is 0 Å². The van der Waals surface area contributed by atoms with Crippen molar-refractivity contribution in [1.82, 2.24) is 10.0 Å². The molecule has 0 saturated carbocycles.